The number of ether oxygens (including phenoxy) is 1. The summed E-state index contributed by atoms with van der Waals surface area (Å²) in [5.74, 6) is 1.79. The SMILES string of the molecule is CC(C)Oc1ccc(Br)c(CC2CCNCC2)c1.Cl. The maximum absolute atomic E-state index is 5.77. The number of nitrogens with one attached hydrogen (secondary N) is 1. The fourth-order valence-electron chi connectivity index (χ4n) is 2.45. The van der Waals surface area contributed by atoms with Gasteiger partial charge in [0.25, 0.3) is 0 Å². The Labute approximate surface area is 130 Å². The lowest BCUT2D eigenvalue weighted by Gasteiger charge is -2.23. The Balaban J connectivity index is 0.00000180. The van der Waals surface area contributed by atoms with Crippen molar-refractivity contribution < 1.29 is 4.74 Å². The van der Waals surface area contributed by atoms with Gasteiger partial charge in [0.05, 0.1) is 6.10 Å². The minimum absolute atomic E-state index is 0. The van der Waals surface area contributed by atoms with Crippen LogP contribution in [0.5, 0.6) is 5.75 Å². The largest absolute Gasteiger partial charge is 0.491 e. The molecule has 0 radical (unpaired) electrons. The predicted molar refractivity (Wildman–Crippen MR) is 86.5 cm³/mol. The van der Waals surface area contributed by atoms with Gasteiger partial charge >= 0.3 is 0 Å². The summed E-state index contributed by atoms with van der Waals surface area (Å²) >= 11 is 3.65. The molecule has 0 aliphatic carbocycles. The molecule has 1 aromatic rings. The van der Waals surface area contributed by atoms with Gasteiger partial charge in [-0.3, -0.25) is 0 Å². The first kappa shape index (κ1) is 16.8. The van der Waals surface area contributed by atoms with Gasteiger partial charge in [0, 0.05) is 4.47 Å². The molecular formula is C15H23BrClNO. The molecule has 0 saturated carbocycles. The summed E-state index contributed by atoms with van der Waals surface area (Å²) in [7, 11) is 0. The summed E-state index contributed by atoms with van der Waals surface area (Å²) in [5, 5.41) is 3.42. The molecule has 0 unspecified atom stereocenters. The fraction of sp³-hybridized carbons (Fsp3) is 0.600. The average molecular weight is 349 g/mol. The molecule has 0 aromatic heterocycles. The van der Waals surface area contributed by atoms with E-state index < -0.39 is 0 Å². The number of hydrogen-bond acceptors (Lipinski definition) is 2. The molecule has 4 heteroatoms. The third kappa shape index (κ3) is 5.33. The van der Waals surface area contributed by atoms with Crippen LogP contribution in [0.1, 0.15) is 32.3 Å². The number of piperidine rings is 1. The van der Waals surface area contributed by atoms with Crippen LogP contribution in [0.4, 0.5) is 0 Å². The highest BCUT2D eigenvalue weighted by atomic mass is 79.9. The second-order valence-electron chi connectivity index (χ2n) is 5.32. The second kappa shape index (κ2) is 8.13. The van der Waals surface area contributed by atoms with Crippen LogP contribution in [0.15, 0.2) is 22.7 Å². The van der Waals surface area contributed by atoms with Crippen LogP contribution in [0.2, 0.25) is 0 Å². The van der Waals surface area contributed by atoms with E-state index in [9.17, 15) is 0 Å². The van der Waals surface area contributed by atoms with Crippen LogP contribution in [0.25, 0.3) is 0 Å². The fourth-order valence-corrected chi connectivity index (χ4v) is 2.86. The molecule has 0 spiro atoms. The predicted octanol–water partition coefficient (Wildman–Crippen LogP) is 4.20. The van der Waals surface area contributed by atoms with Crippen LogP contribution in [0.3, 0.4) is 0 Å². The van der Waals surface area contributed by atoms with Crippen molar-refractivity contribution in [3.05, 3.63) is 28.2 Å². The van der Waals surface area contributed by atoms with Gasteiger partial charge in [-0.1, -0.05) is 15.9 Å². The molecule has 2 nitrogen and oxygen atoms in total. The number of benzene rings is 1. The van der Waals surface area contributed by atoms with Gasteiger partial charge in [-0.2, -0.15) is 0 Å². The van der Waals surface area contributed by atoms with Crippen molar-refractivity contribution in [1.29, 1.82) is 0 Å². The zero-order valence-electron chi connectivity index (χ0n) is 11.6. The van der Waals surface area contributed by atoms with Gasteiger partial charge in [0.2, 0.25) is 0 Å². The minimum Gasteiger partial charge on any atom is -0.491 e. The molecule has 1 N–H and O–H groups in total. The van der Waals surface area contributed by atoms with E-state index in [1.54, 1.807) is 0 Å². The Bertz CT molecular complexity index is 392. The summed E-state index contributed by atoms with van der Waals surface area (Å²) in [5.41, 5.74) is 1.38. The minimum atomic E-state index is 0. The summed E-state index contributed by atoms with van der Waals surface area (Å²) in [6, 6.07) is 6.33. The van der Waals surface area contributed by atoms with Crippen LogP contribution in [-0.4, -0.2) is 19.2 Å². The van der Waals surface area contributed by atoms with Gasteiger partial charge in [0.1, 0.15) is 5.75 Å². The van der Waals surface area contributed by atoms with E-state index in [0.29, 0.717) is 0 Å². The molecule has 19 heavy (non-hydrogen) atoms. The Morgan fingerprint density at radius 3 is 2.63 bits per heavy atom. The standard InChI is InChI=1S/C15H22BrNO.ClH/c1-11(2)18-14-3-4-15(16)13(10-14)9-12-5-7-17-8-6-12;/h3-4,10-12,17H,5-9H2,1-2H3;1H. The summed E-state index contributed by atoms with van der Waals surface area (Å²) < 4.78 is 6.97. The van der Waals surface area contributed by atoms with E-state index >= 15 is 0 Å². The lowest BCUT2D eigenvalue weighted by molar-refractivity contribution is 0.242. The third-order valence-electron chi connectivity index (χ3n) is 3.36. The van der Waals surface area contributed by atoms with Gasteiger partial charge in [0.15, 0.2) is 0 Å². The molecule has 0 bridgehead atoms. The lowest BCUT2D eigenvalue weighted by atomic mass is 9.91. The normalized spacial score (nSPS) is 16.2. The van der Waals surface area contributed by atoms with Crippen molar-refractivity contribution in [2.75, 3.05) is 13.1 Å². The van der Waals surface area contributed by atoms with Gasteiger partial charge < -0.3 is 10.1 Å². The molecule has 1 heterocycles. The van der Waals surface area contributed by atoms with Gasteiger partial charge in [-0.05, 0) is 75.9 Å². The lowest BCUT2D eigenvalue weighted by Crippen LogP contribution is -2.28. The molecule has 2 rings (SSSR count). The topological polar surface area (TPSA) is 21.3 Å². The molecule has 1 fully saturated rings. The summed E-state index contributed by atoms with van der Waals surface area (Å²) in [6.45, 7) is 6.44. The molecule has 1 saturated heterocycles. The Hall–Kier alpha value is -0.250. The van der Waals surface area contributed by atoms with Crippen molar-refractivity contribution in [1.82, 2.24) is 5.32 Å². The van der Waals surface area contributed by atoms with Crippen molar-refractivity contribution >= 4 is 28.3 Å². The monoisotopic (exact) mass is 347 g/mol. The number of halogens is 2. The van der Waals surface area contributed by atoms with E-state index in [4.69, 9.17) is 4.74 Å². The van der Waals surface area contributed by atoms with E-state index in [-0.39, 0.29) is 18.5 Å². The molecule has 1 aromatic carbocycles. The maximum Gasteiger partial charge on any atom is 0.120 e. The van der Waals surface area contributed by atoms with Crippen LogP contribution >= 0.6 is 28.3 Å². The number of hydrogen-bond donors (Lipinski definition) is 1. The van der Waals surface area contributed by atoms with E-state index in [2.05, 4.69) is 47.2 Å². The quantitative estimate of drug-likeness (QED) is 0.880. The molecule has 1 aliphatic heterocycles. The van der Waals surface area contributed by atoms with E-state index in [1.165, 1.54) is 22.9 Å². The number of rotatable bonds is 4. The van der Waals surface area contributed by atoms with Crippen LogP contribution in [0, 0.1) is 5.92 Å². The molecule has 0 amide bonds. The average Bonchev–Trinajstić information content (AvgIpc) is 2.34. The molecule has 108 valence electrons. The zero-order chi connectivity index (χ0) is 13.0. The third-order valence-corrected chi connectivity index (χ3v) is 4.13. The van der Waals surface area contributed by atoms with Crippen molar-refractivity contribution in [2.45, 2.75) is 39.2 Å². The summed E-state index contributed by atoms with van der Waals surface area (Å²) in [6.07, 6.45) is 3.94. The molecular weight excluding hydrogens is 326 g/mol. The maximum atomic E-state index is 5.77. The zero-order valence-corrected chi connectivity index (χ0v) is 14.0. The van der Waals surface area contributed by atoms with Crippen molar-refractivity contribution in [3.63, 3.8) is 0 Å². The first-order chi connectivity index (χ1) is 8.65. The van der Waals surface area contributed by atoms with E-state index in [0.717, 1.165) is 31.2 Å². The summed E-state index contributed by atoms with van der Waals surface area (Å²) in [4.78, 5) is 0. The molecule has 1 aliphatic rings. The Kier molecular flexibility index (Phi) is 7.19. The smallest absolute Gasteiger partial charge is 0.120 e. The second-order valence-corrected chi connectivity index (χ2v) is 6.17. The van der Waals surface area contributed by atoms with Crippen molar-refractivity contribution in [2.24, 2.45) is 5.92 Å². The molecule has 0 atom stereocenters. The Morgan fingerprint density at radius 1 is 1.32 bits per heavy atom. The van der Waals surface area contributed by atoms with Gasteiger partial charge in [-0.15, -0.1) is 12.4 Å². The first-order valence-corrected chi connectivity index (χ1v) is 7.60. The van der Waals surface area contributed by atoms with Crippen LogP contribution < -0.4 is 10.1 Å². The first-order valence-electron chi connectivity index (χ1n) is 6.81. The van der Waals surface area contributed by atoms with E-state index in [1.807, 2.05) is 6.07 Å². The highest BCUT2D eigenvalue weighted by Crippen LogP contribution is 2.28. The Morgan fingerprint density at radius 2 is 2.00 bits per heavy atom. The highest BCUT2D eigenvalue weighted by Gasteiger charge is 2.15. The van der Waals surface area contributed by atoms with Gasteiger partial charge in [-0.25, -0.2) is 0 Å². The highest BCUT2D eigenvalue weighted by molar-refractivity contribution is 9.10. The van der Waals surface area contributed by atoms with Crippen LogP contribution in [-0.2, 0) is 6.42 Å². The van der Waals surface area contributed by atoms with Crippen molar-refractivity contribution in [3.8, 4) is 5.75 Å².